The molecule has 3 aromatic rings. The molecule has 23 heavy (non-hydrogen) atoms. The third kappa shape index (κ3) is 2.70. The lowest BCUT2D eigenvalue weighted by Crippen LogP contribution is -2.25. The number of furan rings is 1. The zero-order valence-electron chi connectivity index (χ0n) is 12.7. The number of carbonyl (C=O) groups excluding carboxylic acids is 2. The van der Waals surface area contributed by atoms with Crippen molar-refractivity contribution in [3.63, 3.8) is 0 Å². The van der Waals surface area contributed by atoms with Crippen molar-refractivity contribution in [1.82, 2.24) is 0 Å². The average molecular weight is 313 g/mol. The maximum absolute atomic E-state index is 11.8. The Hall–Kier alpha value is -3.02. The second-order valence-electron chi connectivity index (χ2n) is 4.82. The molecule has 0 saturated carbocycles. The van der Waals surface area contributed by atoms with Crippen LogP contribution in [0.1, 0.15) is 6.92 Å². The van der Waals surface area contributed by atoms with Crippen molar-refractivity contribution in [2.24, 2.45) is 0 Å². The van der Waals surface area contributed by atoms with Gasteiger partial charge in [-0.1, -0.05) is 18.2 Å². The van der Waals surface area contributed by atoms with E-state index < -0.39 is 11.9 Å². The van der Waals surface area contributed by atoms with Crippen LogP contribution in [0.25, 0.3) is 21.9 Å². The molecule has 0 unspecified atom stereocenters. The summed E-state index contributed by atoms with van der Waals surface area (Å²) in [6, 6.07) is 11.0. The number of nitrogens with one attached hydrogen (secondary N) is 1. The van der Waals surface area contributed by atoms with Gasteiger partial charge in [-0.25, -0.2) is 4.79 Å². The van der Waals surface area contributed by atoms with Gasteiger partial charge in [-0.2, -0.15) is 0 Å². The van der Waals surface area contributed by atoms with Crippen LogP contribution in [0.5, 0.6) is 5.75 Å². The lowest BCUT2D eigenvalue weighted by atomic mass is 10.1. The Balaban J connectivity index is 2.04. The lowest BCUT2D eigenvalue weighted by molar-refractivity contribution is -0.152. The summed E-state index contributed by atoms with van der Waals surface area (Å²) >= 11 is 0. The zero-order valence-corrected chi connectivity index (χ0v) is 12.7. The van der Waals surface area contributed by atoms with Gasteiger partial charge in [-0.05, 0) is 19.1 Å². The molecule has 3 rings (SSSR count). The van der Waals surface area contributed by atoms with E-state index in [1.165, 1.54) is 7.11 Å². The van der Waals surface area contributed by atoms with Crippen molar-refractivity contribution in [2.45, 2.75) is 6.92 Å². The molecule has 0 bridgehead atoms. The molecule has 0 saturated heterocycles. The van der Waals surface area contributed by atoms with Crippen LogP contribution in [0.3, 0.4) is 0 Å². The van der Waals surface area contributed by atoms with Crippen molar-refractivity contribution in [1.29, 1.82) is 0 Å². The standard InChI is InChI=1S/C17H15NO5/c1-3-22-17(20)16(19)18-12-9-14-11(8-15(12)21-2)10-6-4-5-7-13(10)23-14/h4-9H,3H2,1-2H3,(H,18,19). The van der Waals surface area contributed by atoms with Gasteiger partial charge in [0.05, 0.1) is 19.4 Å². The van der Waals surface area contributed by atoms with E-state index in [9.17, 15) is 9.59 Å². The molecule has 0 aliphatic heterocycles. The Kier molecular flexibility index (Phi) is 3.89. The molecule has 0 atom stereocenters. The van der Waals surface area contributed by atoms with Gasteiger partial charge < -0.3 is 19.2 Å². The Morgan fingerprint density at radius 3 is 2.65 bits per heavy atom. The molecule has 1 aromatic heterocycles. The smallest absolute Gasteiger partial charge is 0.397 e. The molecule has 1 amide bonds. The molecule has 1 heterocycles. The summed E-state index contributed by atoms with van der Waals surface area (Å²) in [4.78, 5) is 23.3. The molecule has 0 aliphatic rings. The quantitative estimate of drug-likeness (QED) is 0.594. The molecule has 0 radical (unpaired) electrons. The molecular weight excluding hydrogens is 298 g/mol. The SMILES string of the molecule is CCOC(=O)C(=O)Nc1cc2oc3ccccc3c2cc1OC. The fraction of sp³-hybridized carbons (Fsp3) is 0.176. The van der Waals surface area contributed by atoms with E-state index in [1.54, 1.807) is 19.1 Å². The van der Waals surface area contributed by atoms with Gasteiger partial charge in [-0.15, -0.1) is 0 Å². The van der Waals surface area contributed by atoms with E-state index in [0.717, 1.165) is 16.4 Å². The number of anilines is 1. The van der Waals surface area contributed by atoms with Crippen LogP contribution in [0.15, 0.2) is 40.8 Å². The number of rotatable bonds is 3. The summed E-state index contributed by atoms with van der Waals surface area (Å²) in [5.74, 6) is -1.37. The number of ether oxygens (including phenoxy) is 2. The van der Waals surface area contributed by atoms with Crippen LogP contribution in [-0.2, 0) is 14.3 Å². The van der Waals surface area contributed by atoms with E-state index in [1.807, 2.05) is 24.3 Å². The first-order valence-corrected chi connectivity index (χ1v) is 7.11. The minimum Gasteiger partial charge on any atom is -0.495 e. The van der Waals surface area contributed by atoms with Gasteiger partial charge >= 0.3 is 11.9 Å². The van der Waals surface area contributed by atoms with Crippen LogP contribution in [0.4, 0.5) is 5.69 Å². The third-order valence-electron chi connectivity index (χ3n) is 3.41. The normalized spacial score (nSPS) is 10.7. The topological polar surface area (TPSA) is 77.8 Å². The van der Waals surface area contributed by atoms with E-state index in [4.69, 9.17) is 9.15 Å². The molecule has 0 fully saturated rings. The fourth-order valence-electron chi connectivity index (χ4n) is 2.39. The maximum Gasteiger partial charge on any atom is 0.397 e. The number of esters is 1. The van der Waals surface area contributed by atoms with Gasteiger partial charge in [0.15, 0.2) is 0 Å². The first-order valence-electron chi connectivity index (χ1n) is 7.11. The number of fused-ring (bicyclic) bond motifs is 3. The number of para-hydroxylation sites is 1. The molecule has 2 aromatic carbocycles. The zero-order chi connectivity index (χ0) is 16.4. The number of benzene rings is 2. The van der Waals surface area contributed by atoms with Crippen LogP contribution < -0.4 is 10.1 Å². The Morgan fingerprint density at radius 2 is 1.91 bits per heavy atom. The Bertz CT molecular complexity index is 897. The van der Waals surface area contributed by atoms with Gasteiger partial charge in [-0.3, -0.25) is 4.79 Å². The third-order valence-corrected chi connectivity index (χ3v) is 3.41. The van der Waals surface area contributed by atoms with Crippen LogP contribution >= 0.6 is 0 Å². The van der Waals surface area contributed by atoms with Crippen molar-refractivity contribution >= 4 is 39.5 Å². The number of carbonyl (C=O) groups is 2. The highest BCUT2D eigenvalue weighted by molar-refractivity contribution is 6.37. The molecule has 0 spiro atoms. The minimum absolute atomic E-state index is 0.131. The highest BCUT2D eigenvalue weighted by atomic mass is 16.5. The Labute approximate surface area is 132 Å². The first kappa shape index (κ1) is 14.9. The largest absolute Gasteiger partial charge is 0.495 e. The second-order valence-corrected chi connectivity index (χ2v) is 4.82. The lowest BCUT2D eigenvalue weighted by Gasteiger charge is -2.09. The van der Waals surface area contributed by atoms with Crippen molar-refractivity contribution in [3.8, 4) is 5.75 Å². The van der Waals surface area contributed by atoms with E-state index in [-0.39, 0.29) is 6.61 Å². The van der Waals surface area contributed by atoms with Crippen molar-refractivity contribution in [2.75, 3.05) is 19.0 Å². The predicted molar refractivity (Wildman–Crippen MR) is 85.5 cm³/mol. The summed E-state index contributed by atoms with van der Waals surface area (Å²) in [6.07, 6.45) is 0. The van der Waals surface area contributed by atoms with Crippen LogP contribution in [0, 0.1) is 0 Å². The predicted octanol–water partition coefficient (Wildman–Crippen LogP) is 3.10. The van der Waals surface area contributed by atoms with Crippen molar-refractivity contribution in [3.05, 3.63) is 36.4 Å². The molecule has 6 heteroatoms. The number of amides is 1. The van der Waals surface area contributed by atoms with Gasteiger partial charge in [0.2, 0.25) is 0 Å². The second kappa shape index (κ2) is 6.00. The first-order chi connectivity index (χ1) is 11.1. The van der Waals surface area contributed by atoms with E-state index >= 15 is 0 Å². The summed E-state index contributed by atoms with van der Waals surface area (Å²) in [6.45, 7) is 1.76. The van der Waals surface area contributed by atoms with Gasteiger partial charge in [0, 0.05) is 16.8 Å². The van der Waals surface area contributed by atoms with Crippen LogP contribution in [0.2, 0.25) is 0 Å². The summed E-state index contributed by atoms with van der Waals surface area (Å²) in [7, 11) is 1.49. The number of methoxy groups -OCH3 is 1. The minimum atomic E-state index is -0.945. The van der Waals surface area contributed by atoms with E-state index in [0.29, 0.717) is 17.0 Å². The maximum atomic E-state index is 11.8. The Morgan fingerprint density at radius 1 is 1.13 bits per heavy atom. The van der Waals surface area contributed by atoms with E-state index in [2.05, 4.69) is 10.1 Å². The highest BCUT2D eigenvalue weighted by Gasteiger charge is 2.19. The number of hydrogen-bond donors (Lipinski definition) is 1. The summed E-state index contributed by atoms with van der Waals surface area (Å²) < 4.78 is 15.7. The molecule has 118 valence electrons. The average Bonchev–Trinajstić information content (AvgIpc) is 2.91. The summed E-state index contributed by atoms with van der Waals surface area (Å²) in [5, 5.41) is 4.30. The summed E-state index contributed by atoms with van der Waals surface area (Å²) in [5.41, 5.74) is 1.67. The number of hydrogen-bond acceptors (Lipinski definition) is 5. The van der Waals surface area contributed by atoms with Crippen molar-refractivity contribution < 1.29 is 23.5 Å². The van der Waals surface area contributed by atoms with Crippen LogP contribution in [-0.4, -0.2) is 25.6 Å². The highest BCUT2D eigenvalue weighted by Crippen LogP contribution is 2.36. The molecule has 6 nitrogen and oxygen atoms in total. The molecule has 0 aliphatic carbocycles. The monoisotopic (exact) mass is 313 g/mol. The molecule has 1 N–H and O–H groups in total. The van der Waals surface area contributed by atoms with Gasteiger partial charge in [0.25, 0.3) is 0 Å². The van der Waals surface area contributed by atoms with Gasteiger partial charge in [0.1, 0.15) is 16.9 Å². The molecular formula is C17H15NO5. The fourth-order valence-corrected chi connectivity index (χ4v) is 2.39.